The highest BCUT2D eigenvalue weighted by atomic mass is 15.1. The highest BCUT2D eigenvalue weighted by molar-refractivity contribution is 6.15. The molecule has 0 atom stereocenters. The van der Waals surface area contributed by atoms with Gasteiger partial charge >= 0.3 is 0 Å². The lowest BCUT2D eigenvalue weighted by Crippen LogP contribution is -2.16. The monoisotopic (exact) mass is 961 g/mol. The SMILES string of the molecule is CC1(C)c2cc(-c3cc(-c4ccc5c(c4)C(C)(C)c4cc(N(c6ccccc6)c6ccccc6)ccc4-5)c4c(c3)c3ccccc3n4-c3ccccc3)ccc2-c2ccc(N(c3ccccc3)c3ccccc3)cc21. The third-order valence-electron chi connectivity index (χ3n) is 16.3. The summed E-state index contributed by atoms with van der Waals surface area (Å²) in [5.74, 6) is 0. The van der Waals surface area contributed by atoms with Crippen molar-refractivity contribution < 1.29 is 0 Å². The molecule has 1 heterocycles. The molecule has 0 spiro atoms. The van der Waals surface area contributed by atoms with Crippen LogP contribution in [0, 0.1) is 0 Å². The Hall–Kier alpha value is -9.18. The maximum absolute atomic E-state index is 2.50. The fourth-order valence-corrected chi connectivity index (χ4v) is 12.6. The fourth-order valence-electron chi connectivity index (χ4n) is 12.6. The van der Waals surface area contributed by atoms with E-state index in [0.29, 0.717) is 0 Å². The van der Waals surface area contributed by atoms with Crippen LogP contribution in [0.15, 0.2) is 261 Å². The van der Waals surface area contributed by atoms with Gasteiger partial charge in [-0.25, -0.2) is 0 Å². The van der Waals surface area contributed by atoms with Crippen LogP contribution in [0.1, 0.15) is 49.9 Å². The van der Waals surface area contributed by atoms with Gasteiger partial charge in [-0.15, -0.1) is 0 Å². The molecule has 1 aromatic heterocycles. The molecule has 358 valence electrons. The smallest absolute Gasteiger partial charge is 0.0619 e. The summed E-state index contributed by atoms with van der Waals surface area (Å²) < 4.78 is 2.49. The molecule has 0 amide bonds. The van der Waals surface area contributed by atoms with E-state index in [-0.39, 0.29) is 10.8 Å². The number of rotatable bonds is 9. The molecule has 3 heteroatoms. The lowest BCUT2D eigenvalue weighted by Gasteiger charge is -2.28. The number of benzene rings is 11. The second-order valence-corrected chi connectivity index (χ2v) is 21.4. The number of para-hydroxylation sites is 6. The normalized spacial score (nSPS) is 13.5. The van der Waals surface area contributed by atoms with Gasteiger partial charge in [0.25, 0.3) is 0 Å². The van der Waals surface area contributed by atoms with E-state index in [1.54, 1.807) is 0 Å². The summed E-state index contributed by atoms with van der Waals surface area (Å²) in [6.45, 7) is 9.61. The third kappa shape index (κ3) is 7.10. The molecule has 0 unspecified atom stereocenters. The Morgan fingerprint density at radius 2 is 0.667 bits per heavy atom. The van der Waals surface area contributed by atoms with Gasteiger partial charge in [0.05, 0.1) is 11.0 Å². The zero-order valence-corrected chi connectivity index (χ0v) is 42.7. The Labute approximate surface area is 439 Å². The molecule has 0 aliphatic heterocycles. The first-order valence-corrected chi connectivity index (χ1v) is 26.3. The first-order chi connectivity index (χ1) is 36.7. The Balaban J connectivity index is 0.914. The number of anilines is 6. The molecule has 0 saturated carbocycles. The van der Waals surface area contributed by atoms with E-state index in [1.807, 2.05) is 0 Å². The van der Waals surface area contributed by atoms with E-state index >= 15 is 0 Å². The van der Waals surface area contributed by atoms with E-state index < -0.39 is 0 Å². The van der Waals surface area contributed by atoms with Crippen LogP contribution in [-0.4, -0.2) is 4.57 Å². The van der Waals surface area contributed by atoms with Crippen molar-refractivity contribution in [2.75, 3.05) is 9.80 Å². The topological polar surface area (TPSA) is 11.4 Å². The van der Waals surface area contributed by atoms with Crippen molar-refractivity contribution in [1.82, 2.24) is 4.57 Å². The highest BCUT2D eigenvalue weighted by Gasteiger charge is 2.38. The average molecular weight is 962 g/mol. The minimum atomic E-state index is -0.266. The van der Waals surface area contributed by atoms with Crippen LogP contribution in [0.5, 0.6) is 0 Å². The molecule has 2 aliphatic carbocycles. The van der Waals surface area contributed by atoms with Gasteiger partial charge in [-0.2, -0.15) is 0 Å². The Morgan fingerprint density at radius 3 is 1.15 bits per heavy atom. The lowest BCUT2D eigenvalue weighted by molar-refractivity contribution is 0.660. The van der Waals surface area contributed by atoms with Gasteiger partial charge in [0.2, 0.25) is 0 Å². The molecular weight excluding hydrogens is 907 g/mol. The molecule has 3 nitrogen and oxygen atoms in total. The summed E-state index contributed by atoms with van der Waals surface area (Å²) in [4.78, 5) is 4.74. The maximum atomic E-state index is 2.50. The van der Waals surface area contributed by atoms with Gasteiger partial charge in [-0.1, -0.05) is 173 Å². The second-order valence-electron chi connectivity index (χ2n) is 21.4. The van der Waals surface area contributed by atoms with Crippen molar-refractivity contribution in [2.24, 2.45) is 0 Å². The van der Waals surface area contributed by atoms with Crippen LogP contribution < -0.4 is 9.80 Å². The Kier molecular flexibility index (Phi) is 10.2. The summed E-state index contributed by atoms with van der Waals surface area (Å²) in [5, 5.41) is 2.48. The number of hydrogen-bond donors (Lipinski definition) is 0. The maximum Gasteiger partial charge on any atom is 0.0619 e. The van der Waals surface area contributed by atoms with Gasteiger partial charge < -0.3 is 14.4 Å². The van der Waals surface area contributed by atoms with E-state index in [9.17, 15) is 0 Å². The average Bonchev–Trinajstić information content (AvgIpc) is 4.01. The molecule has 12 aromatic rings. The molecule has 0 bridgehead atoms. The first-order valence-electron chi connectivity index (χ1n) is 26.3. The summed E-state index contributed by atoms with van der Waals surface area (Å²) in [7, 11) is 0. The summed E-state index contributed by atoms with van der Waals surface area (Å²) in [5.41, 5.74) is 25.3. The molecule has 0 fully saturated rings. The van der Waals surface area contributed by atoms with E-state index in [0.717, 1.165) is 39.8 Å². The van der Waals surface area contributed by atoms with Crippen molar-refractivity contribution in [2.45, 2.75) is 38.5 Å². The van der Waals surface area contributed by atoms with E-state index in [1.165, 1.54) is 88.6 Å². The molecule has 0 saturated heterocycles. The van der Waals surface area contributed by atoms with E-state index in [2.05, 4.69) is 303 Å². The minimum absolute atomic E-state index is 0.244. The largest absolute Gasteiger partial charge is 0.310 e. The van der Waals surface area contributed by atoms with Gasteiger partial charge in [-0.05, 0) is 176 Å². The number of aromatic nitrogens is 1. The quantitative estimate of drug-likeness (QED) is 0.143. The second kappa shape index (κ2) is 17.2. The lowest BCUT2D eigenvalue weighted by atomic mass is 9.80. The standard InChI is InChI=1S/C72H55N3/c1-71(2)65-44-48(34-38-58(65)60-40-36-56(46-67(60)71)73(51-22-10-5-11-23-51)52-24-12-6-13-25-52)50-42-63(70-64(43-50)62-32-20-21-33-69(62)75(70)55-30-18-9-19-31-55)49-35-39-59-61-41-37-57(47-68(61)72(3,4)66(59)45-49)74(53-26-14-7-15-27-53)54-28-16-8-17-29-54/h5-47H,1-4H3. The van der Waals surface area contributed by atoms with Gasteiger partial charge in [0, 0.05) is 67.0 Å². The predicted octanol–water partition coefficient (Wildman–Crippen LogP) is 19.7. The zero-order valence-electron chi connectivity index (χ0n) is 42.7. The fraction of sp³-hybridized carbons (Fsp3) is 0.0833. The molecular formula is C72H55N3. The number of fused-ring (bicyclic) bond motifs is 9. The Bertz CT molecular complexity index is 4080. The molecule has 11 aromatic carbocycles. The molecule has 75 heavy (non-hydrogen) atoms. The van der Waals surface area contributed by atoms with Gasteiger partial charge in [0.1, 0.15) is 0 Å². The molecule has 0 radical (unpaired) electrons. The third-order valence-corrected chi connectivity index (χ3v) is 16.3. The van der Waals surface area contributed by atoms with Crippen LogP contribution >= 0.6 is 0 Å². The summed E-state index contributed by atoms with van der Waals surface area (Å²) >= 11 is 0. The van der Waals surface area contributed by atoms with Crippen LogP contribution in [-0.2, 0) is 10.8 Å². The van der Waals surface area contributed by atoms with E-state index in [4.69, 9.17) is 0 Å². The van der Waals surface area contributed by atoms with Crippen LogP contribution in [0.25, 0.3) is 72.0 Å². The predicted molar refractivity (Wildman–Crippen MR) is 316 cm³/mol. The van der Waals surface area contributed by atoms with Gasteiger partial charge in [0.15, 0.2) is 0 Å². The molecule has 0 N–H and O–H groups in total. The Morgan fingerprint density at radius 1 is 0.280 bits per heavy atom. The van der Waals surface area contributed by atoms with Crippen molar-refractivity contribution in [3.05, 3.63) is 283 Å². The number of hydrogen-bond acceptors (Lipinski definition) is 2. The van der Waals surface area contributed by atoms with Crippen molar-refractivity contribution >= 4 is 55.9 Å². The van der Waals surface area contributed by atoms with Crippen LogP contribution in [0.3, 0.4) is 0 Å². The highest BCUT2D eigenvalue weighted by Crippen LogP contribution is 2.54. The zero-order chi connectivity index (χ0) is 50.4. The first kappa shape index (κ1) is 44.5. The summed E-state index contributed by atoms with van der Waals surface area (Å²) in [6.07, 6.45) is 0. The van der Waals surface area contributed by atoms with Gasteiger partial charge in [-0.3, -0.25) is 0 Å². The summed E-state index contributed by atoms with van der Waals surface area (Å²) in [6, 6.07) is 96.2. The minimum Gasteiger partial charge on any atom is -0.310 e. The van der Waals surface area contributed by atoms with Crippen LogP contribution in [0.4, 0.5) is 34.1 Å². The molecule has 14 rings (SSSR count). The molecule has 2 aliphatic rings. The van der Waals surface area contributed by atoms with Crippen molar-refractivity contribution in [3.8, 4) is 50.2 Å². The van der Waals surface area contributed by atoms with Crippen LogP contribution in [0.2, 0.25) is 0 Å². The van der Waals surface area contributed by atoms with Crippen molar-refractivity contribution in [3.63, 3.8) is 0 Å². The van der Waals surface area contributed by atoms with Crippen molar-refractivity contribution in [1.29, 1.82) is 0 Å². The number of nitrogens with zero attached hydrogens (tertiary/aromatic N) is 3.